The molecule has 5 nitrogen and oxygen atoms in total. The van der Waals surface area contributed by atoms with Gasteiger partial charge < -0.3 is 18.8 Å². The standard InChI is InChI=1S/C15H20NO4P/c1-3-19-21(17,20-4-2)15(14-11-8-12-18-14)16-13-9-6-5-7-10-13/h5-12,15-16H,3-4H2,1-2H3/t15-/m0/s1. The zero-order chi connectivity index (χ0) is 15.1. The first-order chi connectivity index (χ1) is 10.2. The quantitative estimate of drug-likeness (QED) is 0.719. The van der Waals surface area contributed by atoms with E-state index in [-0.39, 0.29) is 0 Å². The summed E-state index contributed by atoms with van der Waals surface area (Å²) in [5.74, 6) is -0.168. The highest BCUT2D eigenvalue weighted by atomic mass is 31.2. The number of furan rings is 1. The lowest BCUT2D eigenvalue weighted by Gasteiger charge is -2.26. The summed E-state index contributed by atoms with van der Waals surface area (Å²) in [5, 5.41) is 3.18. The topological polar surface area (TPSA) is 60.7 Å². The molecule has 0 aliphatic heterocycles. The van der Waals surface area contributed by atoms with E-state index in [1.54, 1.807) is 26.0 Å². The summed E-state index contributed by atoms with van der Waals surface area (Å²) in [6, 6.07) is 13.0. The van der Waals surface area contributed by atoms with Gasteiger partial charge in [0.15, 0.2) is 5.78 Å². The Morgan fingerprint density at radius 2 is 1.76 bits per heavy atom. The van der Waals surface area contributed by atoms with Crippen molar-refractivity contribution in [2.24, 2.45) is 0 Å². The number of rotatable bonds is 8. The highest BCUT2D eigenvalue weighted by Crippen LogP contribution is 2.60. The molecule has 0 aliphatic carbocycles. The molecule has 0 spiro atoms. The van der Waals surface area contributed by atoms with Crippen LogP contribution in [0.1, 0.15) is 25.4 Å². The van der Waals surface area contributed by atoms with Crippen molar-refractivity contribution in [1.29, 1.82) is 0 Å². The van der Waals surface area contributed by atoms with Gasteiger partial charge in [-0.3, -0.25) is 4.57 Å². The predicted molar refractivity (Wildman–Crippen MR) is 82.4 cm³/mol. The lowest BCUT2D eigenvalue weighted by molar-refractivity contribution is 0.211. The van der Waals surface area contributed by atoms with Gasteiger partial charge in [-0.1, -0.05) is 18.2 Å². The molecule has 6 heteroatoms. The molecule has 0 unspecified atom stereocenters. The van der Waals surface area contributed by atoms with Gasteiger partial charge in [0, 0.05) is 5.69 Å². The van der Waals surface area contributed by atoms with E-state index in [0.29, 0.717) is 19.0 Å². The first-order valence-electron chi connectivity index (χ1n) is 6.93. The second-order valence-corrected chi connectivity index (χ2v) is 6.42. The molecule has 0 fully saturated rings. The first-order valence-corrected chi connectivity index (χ1v) is 8.54. The molecule has 0 saturated heterocycles. The van der Waals surface area contributed by atoms with Crippen LogP contribution in [-0.2, 0) is 13.6 Å². The van der Waals surface area contributed by atoms with E-state index in [9.17, 15) is 4.57 Å². The third-order valence-corrected chi connectivity index (χ3v) is 5.08. The Hall–Kier alpha value is -1.55. The van der Waals surface area contributed by atoms with Crippen LogP contribution in [0.25, 0.3) is 0 Å². The van der Waals surface area contributed by atoms with Crippen molar-refractivity contribution >= 4 is 13.3 Å². The summed E-state index contributed by atoms with van der Waals surface area (Å²) < 4.78 is 29.3. The molecular weight excluding hydrogens is 289 g/mol. The third kappa shape index (κ3) is 3.97. The number of benzene rings is 1. The second kappa shape index (κ2) is 7.46. The SMILES string of the molecule is CCOP(=O)(OCC)[C@H](Nc1ccccc1)c1ccco1. The molecule has 0 radical (unpaired) electrons. The Balaban J connectivity index is 2.33. The van der Waals surface area contributed by atoms with Crippen LogP contribution in [0.15, 0.2) is 53.1 Å². The fourth-order valence-electron chi connectivity index (χ4n) is 1.99. The molecule has 2 aromatic rings. The van der Waals surface area contributed by atoms with Crippen LogP contribution in [0.4, 0.5) is 5.69 Å². The van der Waals surface area contributed by atoms with Crippen molar-refractivity contribution in [2.75, 3.05) is 18.5 Å². The summed E-state index contributed by atoms with van der Waals surface area (Å²) in [5.41, 5.74) is 0.818. The fourth-order valence-corrected chi connectivity index (χ4v) is 3.85. The third-order valence-electron chi connectivity index (χ3n) is 2.82. The van der Waals surface area contributed by atoms with Crippen LogP contribution >= 0.6 is 7.60 Å². The van der Waals surface area contributed by atoms with Crippen LogP contribution in [0.5, 0.6) is 0 Å². The van der Waals surface area contributed by atoms with Crippen molar-refractivity contribution in [2.45, 2.75) is 19.6 Å². The van der Waals surface area contributed by atoms with Gasteiger partial charge in [-0.25, -0.2) is 0 Å². The minimum atomic E-state index is -3.39. The minimum absolute atomic E-state index is 0.297. The van der Waals surface area contributed by atoms with E-state index in [0.717, 1.165) is 5.69 Å². The average molecular weight is 309 g/mol. The summed E-state index contributed by atoms with van der Waals surface area (Å²) in [4.78, 5) is 0. The van der Waals surface area contributed by atoms with E-state index >= 15 is 0 Å². The van der Waals surface area contributed by atoms with E-state index < -0.39 is 13.4 Å². The molecule has 1 atom stereocenters. The number of hydrogen-bond donors (Lipinski definition) is 1. The molecule has 21 heavy (non-hydrogen) atoms. The van der Waals surface area contributed by atoms with Gasteiger partial charge in [0.25, 0.3) is 0 Å². The molecule has 1 aromatic carbocycles. The van der Waals surface area contributed by atoms with Gasteiger partial charge in [0.05, 0.1) is 19.5 Å². The van der Waals surface area contributed by atoms with Gasteiger partial charge in [0.1, 0.15) is 5.76 Å². The van der Waals surface area contributed by atoms with Crippen LogP contribution < -0.4 is 5.32 Å². The largest absolute Gasteiger partial charge is 0.466 e. The van der Waals surface area contributed by atoms with Crippen LogP contribution in [0.2, 0.25) is 0 Å². The van der Waals surface area contributed by atoms with Crippen LogP contribution in [0, 0.1) is 0 Å². The molecule has 1 aromatic heterocycles. The van der Waals surface area contributed by atoms with E-state index in [1.165, 1.54) is 6.26 Å². The summed E-state index contributed by atoms with van der Waals surface area (Å²) in [7, 11) is -3.39. The predicted octanol–water partition coefficient (Wildman–Crippen LogP) is 4.66. The van der Waals surface area contributed by atoms with Crippen molar-refractivity contribution in [3.8, 4) is 0 Å². The number of nitrogens with one attached hydrogen (secondary N) is 1. The molecule has 2 rings (SSSR count). The smallest absolute Gasteiger partial charge is 0.360 e. The van der Waals surface area contributed by atoms with Crippen LogP contribution in [-0.4, -0.2) is 13.2 Å². The summed E-state index contributed by atoms with van der Waals surface area (Å²) in [6.45, 7) is 4.16. The lowest BCUT2D eigenvalue weighted by Crippen LogP contribution is -2.14. The molecule has 0 amide bonds. The average Bonchev–Trinajstić information content (AvgIpc) is 3.00. The Labute approximate surface area is 124 Å². The number of para-hydroxylation sites is 1. The maximum absolute atomic E-state index is 13.0. The van der Waals surface area contributed by atoms with Crippen molar-refractivity contribution in [3.05, 3.63) is 54.5 Å². The van der Waals surface area contributed by atoms with Crippen molar-refractivity contribution in [1.82, 2.24) is 0 Å². The van der Waals surface area contributed by atoms with Gasteiger partial charge >= 0.3 is 7.60 Å². The highest BCUT2D eigenvalue weighted by Gasteiger charge is 2.39. The Morgan fingerprint density at radius 1 is 1.10 bits per heavy atom. The van der Waals surface area contributed by atoms with Gasteiger partial charge in [-0.05, 0) is 38.1 Å². The molecule has 0 saturated carbocycles. The molecule has 1 N–H and O–H groups in total. The van der Waals surface area contributed by atoms with Crippen molar-refractivity contribution < 1.29 is 18.0 Å². The minimum Gasteiger partial charge on any atom is -0.466 e. The number of hydrogen-bond acceptors (Lipinski definition) is 5. The maximum Gasteiger partial charge on any atom is 0.360 e. The molecular formula is C15H20NO4P. The van der Waals surface area contributed by atoms with Gasteiger partial charge in [0.2, 0.25) is 0 Å². The van der Waals surface area contributed by atoms with E-state index in [4.69, 9.17) is 13.5 Å². The summed E-state index contributed by atoms with van der Waals surface area (Å²) >= 11 is 0. The molecule has 0 aliphatic rings. The number of anilines is 1. The molecule has 114 valence electrons. The normalized spacial score (nSPS) is 13.0. The lowest BCUT2D eigenvalue weighted by atomic mass is 10.3. The maximum atomic E-state index is 13.0. The Morgan fingerprint density at radius 3 is 2.29 bits per heavy atom. The zero-order valence-corrected chi connectivity index (χ0v) is 13.1. The Kier molecular flexibility index (Phi) is 5.62. The first kappa shape index (κ1) is 15.8. The summed E-state index contributed by atoms with van der Waals surface area (Å²) in [6.07, 6.45) is 1.54. The van der Waals surface area contributed by atoms with Crippen molar-refractivity contribution in [3.63, 3.8) is 0 Å². The van der Waals surface area contributed by atoms with Gasteiger partial charge in [-0.15, -0.1) is 0 Å². The fraction of sp³-hybridized carbons (Fsp3) is 0.333. The molecule has 1 heterocycles. The van der Waals surface area contributed by atoms with Crippen LogP contribution in [0.3, 0.4) is 0 Å². The molecule has 0 bridgehead atoms. The second-order valence-electron chi connectivity index (χ2n) is 4.30. The highest BCUT2D eigenvalue weighted by molar-refractivity contribution is 7.54. The van der Waals surface area contributed by atoms with E-state index in [1.807, 2.05) is 30.3 Å². The Bertz CT molecular complexity index is 561. The van der Waals surface area contributed by atoms with Gasteiger partial charge in [-0.2, -0.15) is 0 Å². The zero-order valence-electron chi connectivity index (χ0n) is 12.2. The van der Waals surface area contributed by atoms with E-state index in [2.05, 4.69) is 5.32 Å². The monoisotopic (exact) mass is 309 g/mol.